The van der Waals surface area contributed by atoms with Crippen molar-refractivity contribution in [2.75, 3.05) is 0 Å². The van der Waals surface area contributed by atoms with Crippen molar-refractivity contribution in [3.05, 3.63) is 25.2 Å². The number of aromatic nitrogens is 6. The van der Waals surface area contributed by atoms with Gasteiger partial charge in [0.1, 0.15) is 23.9 Å². The molecule has 3 heterocycles. The summed E-state index contributed by atoms with van der Waals surface area (Å²) >= 11 is 0. The molecule has 0 N–H and O–H groups in total. The third kappa shape index (κ3) is 1.27. The lowest BCUT2D eigenvalue weighted by molar-refractivity contribution is 0.503. The number of rotatable bonds is 2. The molecular formula is C7H3N6O2. The van der Waals surface area contributed by atoms with E-state index in [4.69, 9.17) is 8.83 Å². The molecule has 3 aromatic rings. The van der Waals surface area contributed by atoms with Crippen LogP contribution in [0.15, 0.2) is 27.8 Å². The lowest BCUT2D eigenvalue weighted by atomic mass is 10.4. The van der Waals surface area contributed by atoms with Gasteiger partial charge in [0.05, 0.1) is 0 Å². The van der Waals surface area contributed by atoms with Gasteiger partial charge in [0, 0.05) is 0 Å². The van der Waals surface area contributed by atoms with E-state index in [1.165, 1.54) is 23.6 Å². The summed E-state index contributed by atoms with van der Waals surface area (Å²) in [5.41, 5.74) is 1.13. The first-order valence-corrected chi connectivity index (χ1v) is 3.94. The molecule has 0 unspecified atom stereocenters. The van der Waals surface area contributed by atoms with Gasteiger partial charge < -0.3 is 8.83 Å². The maximum absolute atomic E-state index is 5.13. The SMILES string of the molecule is [c]1nnnn1-c1nc(-c2cocn2)co1. The quantitative estimate of drug-likeness (QED) is 0.582. The van der Waals surface area contributed by atoms with Crippen molar-refractivity contribution in [1.82, 2.24) is 30.2 Å². The summed E-state index contributed by atoms with van der Waals surface area (Å²) in [6, 6.07) is 0.220. The highest BCUT2D eigenvalue weighted by molar-refractivity contribution is 5.50. The number of tetrazole rings is 1. The third-order valence-corrected chi connectivity index (χ3v) is 1.68. The summed E-state index contributed by atoms with van der Waals surface area (Å²) in [6.07, 6.45) is 6.67. The molecule has 0 aromatic carbocycles. The molecule has 0 amide bonds. The largest absolute Gasteiger partial charge is 0.451 e. The molecule has 8 heteroatoms. The molecule has 0 atom stereocenters. The van der Waals surface area contributed by atoms with E-state index in [0.29, 0.717) is 11.4 Å². The molecule has 15 heavy (non-hydrogen) atoms. The maximum atomic E-state index is 5.13. The van der Waals surface area contributed by atoms with E-state index >= 15 is 0 Å². The van der Waals surface area contributed by atoms with Crippen LogP contribution in [0.3, 0.4) is 0 Å². The van der Waals surface area contributed by atoms with E-state index in [1.807, 2.05) is 0 Å². The monoisotopic (exact) mass is 203 g/mol. The van der Waals surface area contributed by atoms with Crippen molar-refractivity contribution in [3.8, 4) is 17.4 Å². The van der Waals surface area contributed by atoms with Crippen LogP contribution in [0.2, 0.25) is 0 Å². The van der Waals surface area contributed by atoms with Crippen LogP contribution in [0.25, 0.3) is 17.4 Å². The average molecular weight is 203 g/mol. The van der Waals surface area contributed by atoms with Gasteiger partial charge in [-0.3, -0.25) is 0 Å². The Morgan fingerprint density at radius 2 is 2.27 bits per heavy atom. The van der Waals surface area contributed by atoms with Crippen LogP contribution in [0.5, 0.6) is 0 Å². The molecule has 0 aliphatic carbocycles. The number of hydrogen-bond acceptors (Lipinski definition) is 7. The third-order valence-electron chi connectivity index (χ3n) is 1.68. The summed E-state index contributed by atoms with van der Waals surface area (Å²) in [5, 5.41) is 10.3. The standard InChI is InChI=1S/C7H3N6O2/c1-5(8-4-14-1)6-2-15-7(10-6)13-3-9-11-12-13/h1-2,4H. The van der Waals surface area contributed by atoms with Gasteiger partial charge in [-0.15, -0.1) is 9.78 Å². The fourth-order valence-corrected chi connectivity index (χ4v) is 1.04. The normalized spacial score (nSPS) is 10.7. The van der Waals surface area contributed by atoms with E-state index in [9.17, 15) is 0 Å². The van der Waals surface area contributed by atoms with Gasteiger partial charge in [0.2, 0.25) is 6.33 Å². The van der Waals surface area contributed by atoms with Crippen LogP contribution in [-0.4, -0.2) is 30.2 Å². The van der Waals surface area contributed by atoms with Crippen LogP contribution in [0.1, 0.15) is 0 Å². The van der Waals surface area contributed by atoms with Gasteiger partial charge in [-0.2, -0.15) is 4.98 Å². The lowest BCUT2D eigenvalue weighted by Gasteiger charge is -1.85. The Kier molecular flexibility index (Phi) is 1.58. The molecule has 3 rings (SSSR count). The summed E-state index contributed by atoms with van der Waals surface area (Å²) < 4.78 is 11.1. The summed E-state index contributed by atoms with van der Waals surface area (Å²) in [7, 11) is 0. The minimum atomic E-state index is 0.220. The molecule has 0 aliphatic heterocycles. The first-order chi connectivity index (χ1) is 7.43. The molecule has 0 spiro atoms. The number of nitrogens with zero attached hydrogens (tertiary/aromatic N) is 6. The highest BCUT2D eigenvalue weighted by Crippen LogP contribution is 2.16. The van der Waals surface area contributed by atoms with Crippen molar-refractivity contribution >= 4 is 0 Å². The highest BCUT2D eigenvalue weighted by atomic mass is 16.4. The molecule has 3 aromatic heterocycles. The highest BCUT2D eigenvalue weighted by Gasteiger charge is 2.10. The zero-order chi connectivity index (χ0) is 10.1. The zero-order valence-corrected chi connectivity index (χ0v) is 7.23. The van der Waals surface area contributed by atoms with Crippen molar-refractivity contribution in [1.29, 1.82) is 0 Å². The second-order valence-electron chi connectivity index (χ2n) is 2.58. The average Bonchev–Trinajstić information content (AvgIpc) is 3.02. The second kappa shape index (κ2) is 3.01. The summed E-state index contributed by atoms with van der Waals surface area (Å²) in [6.45, 7) is 0. The van der Waals surface area contributed by atoms with Gasteiger partial charge in [0.25, 0.3) is 0 Å². The van der Waals surface area contributed by atoms with Crippen molar-refractivity contribution in [2.45, 2.75) is 0 Å². The Morgan fingerprint density at radius 1 is 1.27 bits per heavy atom. The Balaban J connectivity index is 2.02. The maximum Gasteiger partial charge on any atom is 0.327 e. The molecule has 0 saturated carbocycles. The van der Waals surface area contributed by atoms with Crippen molar-refractivity contribution in [2.24, 2.45) is 0 Å². The number of oxazole rings is 2. The molecular weight excluding hydrogens is 200 g/mol. The topological polar surface area (TPSA) is 95.7 Å². The van der Waals surface area contributed by atoms with Gasteiger partial charge in [-0.1, -0.05) is 0 Å². The fourth-order valence-electron chi connectivity index (χ4n) is 1.04. The predicted molar refractivity (Wildman–Crippen MR) is 43.5 cm³/mol. The first kappa shape index (κ1) is 7.85. The Bertz CT molecular complexity index is 491. The van der Waals surface area contributed by atoms with E-state index in [1.54, 1.807) is 0 Å². The van der Waals surface area contributed by atoms with Gasteiger partial charge in [-0.25, -0.2) is 4.98 Å². The van der Waals surface area contributed by atoms with Gasteiger partial charge in [-0.05, 0) is 10.4 Å². The Labute approximate surface area is 82.6 Å². The zero-order valence-electron chi connectivity index (χ0n) is 7.23. The number of hydrogen-bond donors (Lipinski definition) is 0. The Morgan fingerprint density at radius 3 is 3.00 bits per heavy atom. The minimum absolute atomic E-state index is 0.220. The van der Waals surface area contributed by atoms with Crippen LogP contribution in [-0.2, 0) is 0 Å². The molecule has 73 valence electrons. The van der Waals surface area contributed by atoms with E-state index in [2.05, 4.69) is 31.8 Å². The molecule has 0 aliphatic rings. The van der Waals surface area contributed by atoms with Crippen molar-refractivity contribution in [3.63, 3.8) is 0 Å². The first-order valence-electron chi connectivity index (χ1n) is 3.94. The lowest BCUT2D eigenvalue weighted by Crippen LogP contribution is -1.95. The van der Waals surface area contributed by atoms with Crippen LogP contribution < -0.4 is 0 Å². The summed E-state index contributed by atoms with van der Waals surface area (Å²) in [4.78, 5) is 8.02. The Hall–Kier alpha value is -2.51. The van der Waals surface area contributed by atoms with Crippen LogP contribution in [0, 0.1) is 6.33 Å². The summed E-state index contributed by atoms with van der Waals surface area (Å²) in [5.74, 6) is 0. The van der Waals surface area contributed by atoms with Crippen molar-refractivity contribution < 1.29 is 8.83 Å². The molecule has 0 saturated heterocycles. The molecule has 1 radical (unpaired) electrons. The molecule has 0 fully saturated rings. The smallest absolute Gasteiger partial charge is 0.327 e. The van der Waals surface area contributed by atoms with Crippen LogP contribution in [0.4, 0.5) is 0 Å². The van der Waals surface area contributed by atoms with Gasteiger partial charge in [0.15, 0.2) is 6.39 Å². The van der Waals surface area contributed by atoms with E-state index < -0.39 is 0 Å². The minimum Gasteiger partial charge on any atom is -0.451 e. The second-order valence-corrected chi connectivity index (χ2v) is 2.58. The van der Waals surface area contributed by atoms with Gasteiger partial charge >= 0.3 is 6.01 Å². The van der Waals surface area contributed by atoms with E-state index in [0.717, 1.165) is 0 Å². The molecule has 8 nitrogen and oxygen atoms in total. The predicted octanol–water partition coefficient (Wildman–Crippen LogP) is 0.105. The fraction of sp³-hybridized carbons (Fsp3) is 0. The van der Waals surface area contributed by atoms with E-state index in [-0.39, 0.29) is 6.01 Å². The molecule has 0 bridgehead atoms. The van der Waals surface area contributed by atoms with Crippen LogP contribution >= 0.6 is 0 Å².